The van der Waals surface area contributed by atoms with Gasteiger partial charge in [-0.1, -0.05) is 209 Å². The lowest BCUT2D eigenvalue weighted by molar-refractivity contribution is 0.590. The van der Waals surface area contributed by atoms with Gasteiger partial charge in [0.05, 0.1) is 11.0 Å². The van der Waals surface area contributed by atoms with Gasteiger partial charge in [0.25, 0.3) is 0 Å². The zero-order valence-electron chi connectivity index (χ0n) is 34.7. The van der Waals surface area contributed by atoms with E-state index in [0.29, 0.717) is 0 Å². The molecule has 0 N–H and O–H groups in total. The molecule has 10 aromatic carbocycles. The number of fused-ring (bicyclic) bond motifs is 5. The van der Waals surface area contributed by atoms with Gasteiger partial charge in [0.2, 0.25) is 0 Å². The van der Waals surface area contributed by atoms with E-state index in [-0.39, 0.29) is 5.41 Å². The maximum Gasteiger partial charge on any atom is 0.0541 e. The van der Waals surface area contributed by atoms with Crippen LogP contribution in [0.3, 0.4) is 0 Å². The Hall–Kier alpha value is -7.48. The van der Waals surface area contributed by atoms with Gasteiger partial charge in [-0.2, -0.15) is 0 Å². The number of hydrogen-bond donors (Lipinski definition) is 0. The average molecular weight is 780 g/mol. The number of rotatable bonds is 6. The van der Waals surface area contributed by atoms with E-state index < -0.39 is 0 Å². The van der Waals surface area contributed by atoms with Gasteiger partial charge in [-0.25, -0.2) is 0 Å². The number of nitrogens with zero attached hydrogens (tertiary/aromatic N) is 1. The van der Waals surface area contributed by atoms with Crippen molar-refractivity contribution in [2.75, 3.05) is 0 Å². The van der Waals surface area contributed by atoms with E-state index >= 15 is 0 Å². The molecule has 61 heavy (non-hydrogen) atoms. The SMILES string of the molecule is CC(C)(C)c1ccc(-c2ccc(-c3c4ccccc4c(-c4ccc(-c5ccc(-c6ccc7c(c6)c6ccccc6n7-c6ccccc6)cc5)cc4)c4ccccc34)cc2)cc1. The van der Waals surface area contributed by atoms with Crippen LogP contribution in [0, 0.1) is 0 Å². The van der Waals surface area contributed by atoms with Crippen molar-refractivity contribution in [1.82, 2.24) is 4.57 Å². The summed E-state index contributed by atoms with van der Waals surface area (Å²) in [6, 6.07) is 80.4. The zero-order valence-corrected chi connectivity index (χ0v) is 34.7. The maximum absolute atomic E-state index is 2.37. The summed E-state index contributed by atoms with van der Waals surface area (Å²) in [5, 5.41) is 7.59. The van der Waals surface area contributed by atoms with E-state index in [9.17, 15) is 0 Å². The first kappa shape index (κ1) is 36.6. The van der Waals surface area contributed by atoms with Gasteiger partial charge in [-0.05, 0) is 118 Å². The van der Waals surface area contributed by atoms with Crippen LogP contribution in [0.4, 0.5) is 0 Å². The molecule has 1 nitrogen and oxygen atoms in total. The molecule has 290 valence electrons. The largest absolute Gasteiger partial charge is 0.309 e. The van der Waals surface area contributed by atoms with E-state index in [2.05, 4.69) is 244 Å². The molecule has 0 aliphatic carbocycles. The van der Waals surface area contributed by atoms with Crippen LogP contribution in [0.1, 0.15) is 26.3 Å². The summed E-state index contributed by atoms with van der Waals surface area (Å²) in [7, 11) is 0. The molecule has 0 aliphatic heterocycles. The van der Waals surface area contributed by atoms with Crippen LogP contribution in [0.5, 0.6) is 0 Å². The van der Waals surface area contributed by atoms with Crippen LogP contribution in [0.25, 0.3) is 105 Å². The Labute approximate surface area is 357 Å². The topological polar surface area (TPSA) is 4.93 Å². The van der Waals surface area contributed by atoms with Crippen LogP contribution in [0.2, 0.25) is 0 Å². The fraction of sp³-hybridized carbons (Fsp3) is 0.0667. The predicted octanol–water partition coefficient (Wildman–Crippen LogP) is 16.7. The van der Waals surface area contributed by atoms with Crippen molar-refractivity contribution < 1.29 is 0 Å². The molecule has 0 atom stereocenters. The van der Waals surface area contributed by atoms with E-state index in [1.54, 1.807) is 0 Å². The smallest absolute Gasteiger partial charge is 0.0541 e. The molecule has 0 fully saturated rings. The van der Waals surface area contributed by atoms with Crippen LogP contribution >= 0.6 is 0 Å². The van der Waals surface area contributed by atoms with Gasteiger partial charge in [0.1, 0.15) is 0 Å². The molecule has 0 amide bonds. The Morgan fingerprint density at radius 2 is 0.623 bits per heavy atom. The predicted molar refractivity (Wildman–Crippen MR) is 262 cm³/mol. The first-order valence-corrected chi connectivity index (χ1v) is 21.3. The lowest BCUT2D eigenvalue weighted by atomic mass is 9.85. The Bertz CT molecular complexity index is 3320. The monoisotopic (exact) mass is 779 g/mol. The van der Waals surface area contributed by atoms with Crippen molar-refractivity contribution in [2.45, 2.75) is 26.2 Å². The van der Waals surface area contributed by atoms with Gasteiger partial charge in [0.15, 0.2) is 0 Å². The molecule has 1 aromatic heterocycles. The van der Waals surface area contributed by atoms with E-state index in [0.717, 1.165) is 0 Å². The lowest BCUT2D eigenvalue weighted by Gasteiger charge is -2.19. The number of benzene rings is 10. The highest BCUT2D eigenvalue weighted by Gasteiger charge is 2.18. The summed E-state index contributed by atoms with van der Waals surface area (Å²) >= 11 is 0. The van der Waals surface area contributed by atoms with E-state index in [4.69, 9.17) is 0 Å². The van der Waals surface area contributed by atoms with Crippen molar-refractivity contribution in [3.63, 3.8) is 0 Å². The molecule has 0 unspecified atom stereocenters. The molecule has 0 radical (unpaired) electrons. The van der Waals surface area contributed by atoms with Crippen LogP contribution in [-0.2, 0) is 5.41 Å². The standard InChI is InChI=1S/C60H45N/c1-60(2,3)48-36-33-43(34-37-48)42-27-31-46(32-28-42)59-53-18-9-7-16-51(53)58(52-17-8-10-19-54(52)59)45-29-25-41(26-30-45)40-21-23-44(24-22-40)47-35-38-57-55(39-47)50-15-11-12-20-56(50)61(57)49-13-5-4-6-14-49/h4-39H,1-3H3. The molecule has 1 heteroatoms. The molecule has 0 spiro atoms. The van der Waals surface area contributed by atoms with E-state index in [1.165, 1.54) is 110 Å². The summed E-state index contributed by atoms with van der Waals surface area (Å²) in [6.45, 7) is 6.79. The van der Waals surface area contributed by atoms with Crippen molar-refractivity contribution >= 4 is 43.4 Å². The van der Waals surface area contributed by atoms with Crippen molar-refractivity contribution in [3.8, 4) is 61.3 Å². The first-order valence-electron chi connectivity index (χ1n) is 21.3. The fourth-order valence-corrected chi connectivity index (χ4v) is 9.43. The average Bonchev–Trinajstić information content (AvgIpc) is 3.65. The highest BCUT2D eigenvalue weighted by Crippen LogP contribution is 2.44. The summed E-state index contributed by atoms with van der Waals surface area (Å²) < 4.78 is 2.37. The second-order valence-corrected chi connectivity index (χ2v) is 17.3. The number of para-hydroxylation sites is 2. The quantitative estimate of drug-likeness (QED) is 0.148. The molecule has 11 rings (SSSR count). The second-order valence-electron chi connectivity index (χ2n) is 17.3. The van der Waals surface area contributed by atoms with Gasteiger partial charge in [-0.15, -0.1) is 0 Å². The molecular weight excluding hydrogens is 735 g/mol. The maximum atomic E-state index is 2.37. The highest BCUT2D eigenvalue weighted by atomic mass is 15.0. The summed E-state index contributed by atoms with van der Waals surface area (Å²) in [5.41, 5.74) is 17.4. The van der Waals surface area contributed by atoms with Crippen LogP contribution < -0.4 is 0 Å². The first-order chi connectivity index (χ1) is 29.9. The minimum Gasteiger partial charge on any atom is -0.309 e. The van der Waals surface area contributed by atoms with Crippen molar-refractivity contribution in [1.29, 1.82) is 0 Å². The van der Waals surface area contributed by atoms with Gasteiger partial charge in [0, 0.05) is 16.5 Å². The summed E-state index contributed by atoms with van der Waals surface area (Å²) in [6.07, 6.45) is 0. The highest BCUT2D eigenvalue weighted by molar-refractivity contribution is 6.21. The molecule has 0 saturated carbocycles. The summed E-state index contributed by atoms with van der Waals surface area (Å²) in [4.78, 5) is 0. The molecule has 1 heterocycles. The molecule has 0 saturated heterocycles. The molecular formula is C60H45N. The third-order valence-electron chi connectivity index (χ3n) is 12.6. The minimum absolute atomic E-state index is 0.136. The van der Waals surface area contributed by atoms with Gasteiger partial charge < -0.3 is 4.57 Å². The Morgan fingerprint density at radius 1 is 0.279 bits per heavy atom. The zero-order chi connectivity index (χ0) is 41.1. The van der Waals surface area contributed by atoms with E-state index in [1.807, 2.05) is 0 Å². The van der Waals surface area contributed by atoms with Gasteiger partial charge in [-0.3, -0.25) is 0 Å². The molecule has 0 aliphatic rings. The minimum atomic E-state index is 0.136. The molecule has 0 bridgehead atoms. The third kappa shape index (κ3) is 6.42. The van der Waals surface area contributed by atoms with Crippen LogP contribution in [-0.4, -0.2) is 4.57 Å². The number of aromatic nitrogens is 1. The Morgan fingerprint density at radius 3 is 1.08 bits per heavy atom. The number of hydrogen-bond acceptors (Lipinski definition) is 0. The Kier molecular flexibility index (Phi) is 8.79. The second kappa shape index (κ2) is 14.7. The molecule has 11 aromatic rings. The van der Waals surface area contributed by atoms with Gasteiger partial charge >= 0.3 is 0 Å². The van der Waals surface area contributed by atoms with Crippen molar-refractivity contribution in [3.05, 3.63) is 224 Å². The third-order valence-corrected chi connectivity index (χ3v) is 12.6. The fourth-order valence-electron chi connectivity index (χ4n) is 9.43. The summed E-state index contributed by atoms with van der Waals surface area (Å²) in [5.74, 6) is 0. The van der Waals surface area contributed by atoms with Crippen molar-refractivity contribution in [2.24, 2.45) is 0 Å². The Balaban J connectivity index is 0.919. The van der Waals surface area contributed by atoms with Crippen LogP contribution in [0.15, 0.2) is 218 Å². The lowest BCUT2D eigenvalue weighted by Crippen LogP contribution is -2.10. The normalized spacial score (nSPS) is 11.9.